The average Bonchev–Trinajstić information content (AvgIpc) is 2.41. The summed E-state index contributed by atoms with van der Waals surface area (Å²) in [6, 6.07) is 4.39. The van der Waals surface area contributed by atoms with Crippen molar-refractivity contribution in [2.24, 2.45) is 17.3 Å². The number of nitriles is 2. The van der Waals surface area contributed by atoms with E-state index in [0.717, 1.165) is 25.7 Å². The van der Waals surface area contributed by atoms with Crippen LogP contribution in [0.4, 0.5) is 0 Å². The van der Waals surface area contributed by atoms with Crippen molar-refractivity contribution in [2.45, 2.75) is 32.6 Å². The molecular formula is C14H17N3OS. The number of rotatable bonds is 1. The van der Waals surface area contributed by atoms with Crippen molar-refractivity contribution in [1.82, 2.24) is 5.32 Å². The molecule has 1 saturated carbocycles. The molecule has 1 atom stereocenters. The third-order valence-electron chi connectivity index (χ3n) is 4.39. The number of allylic oxidation sites excluding steroid dienone is 1. The van der Waals surface area contributed by atoms with Gasteiger partial charge in [0.1, 0.15) is 5.92 Å². The summed E-state index contributed by atoms with van der Waals surface area (Å²) in [5.74, 6) is -0.376. The Balaban J connectivity index is 2.53. The lowest BCUT2D eigenvalue weighted by Crippen LogP contribution is -2.49. The molecule has 0 saturated heterocycles. The molecule has 1 aliphatic carbocycles. The SMILES string of the molecule is CSC1=C(C#N)C2(CCC(C)CC2)C(C#N)C(=O)N1. The third kappa shape index (κ3) is 2.13. The van der Waals surface area contributed by atoms with Gasteiger partial charge in [0, 0.05) is 5.41 Å². The van der Waals surface area contributed by atoms with E-state index < -0.39 is 11.3 Å². The largest absolute Gasteiger partial charge is 0.319 e. The summed E-state index contributed by atoms with van der Waals surface area (Å²) in [5, 5.41) is 22.2. The first kappa shape index (κ1) is 14.0. The maximum Gasteiger partial charge on any atom is 0.243 e. The monoisotopic (exact) mass is 275 g/mol. The predicted molar refractivity (Wildman–Crippen MR) is 73.5 cm³/mol. The Hall–Kier alpha value is -1.46. The first-order chi connectivity index (χ1) is 9.08. The minimum absolute atomic E-state index is 0.250. The molecule has 2 rings (SSSR count). The van der Waals surface area contributed by atoms with E-state index in [4.69, 9.17) is 0 Å². The Morgan fingerprint density at radius 2 is 2.00 bits per heavy atom. The lowest BCUT2D eigenvalue weighted by Gasteiger charge is -2.44. The van der Waals surface area contributed by atoms with Gasteiger partial charge in [-0.05, 0) is 37.9 Å². The first-order valence-corrected chi connectivity index (χ1v) is 7.71. The Kier molecular flexibility index (Phi) is 3.87. The molecule has 0 aromatic heterocycles. The van der Waals surface area contributed by atoms with Gasteiger partial charge in [0.15, 0.2) is 0 Å². The van der Waals surface area contributed by atoms with E-state index in [-0.39, 0.29) is 5.91 Å². The second-order valence-electron chi connectivity index (χ2n) is 5.41. The number of thioether (sulfide) groups is 1. The van der Waals surface area contributed by atoms with Crippen LogP contribution in [0.3, 0.4) is 0 Å². The first-order valence-electron chi connectivity index (χ1n) is 6.48. The number of carbonyl (C=O) groups excluding carboxylic acids is 1. The zero-order chi connectivity index (χ0) is 14.0. The normalized spacial score (nSPS) is 34.6. The van der Waals surface area contributed by atoms with Gasteiger partial charge in [-0.3, -0.25) is 4.79 Å². The summed E-state index contributed by atoms with van der Waals surface area (Å²) in [6.07, 6.45) is 5.30. The van der Waals surface area contributed by atoms with Crippen molar-refractivity contribution in [3.63, 3.8) is 0 Å². The highest BCUT2D eigenvalue weighted by molar-refractivity contribution is 8.02. The van der Waals surface area contributed by atoms with Crippen LogP contribution in [0.25, 0.3) is 0 Å². The fourth-order valence-corrected chi connectivity index (χ4v) is 3.84. The van der Waals surface area contributed by atoms with Crippen LogP contribution < -0.4 is 5.32 Å². The van der Waals surface area contributed by atoms with Crippen molar-refractivity contribution in [3.8, 4) is 12.1 Å². The van der Waals surface area contributed by atoms with Crippen molar-refractivity contribution in [1.29, 1.82) is 10.5 Å². The molecule has 100 valence electrons. The summed E-state index contributed by atoms with van der Waals surface area (Å²) in [5.41, 5.74) is 0.0505. The van der Waals surface area contributed by atoms with Gasteiger partial charge in [-0.25, -0.2) is 0 Å². The van der Waals surface area contributed by atoms with Crippen LogP contribution in [0.5, 0.6) is 0 Å². The quantitative estimate of drug-likeness (QED) is 0.797. The Morgan fingerprint density at radius 3 is 2.47 bits per heavy atom. The van der Waals surface area contributed by atoms with E-state index in [9.17, 15) is 15.3 Å². The van der Waals surface area contributed by atoms with Crippen LogP contribution in [-0.2, 0) is 4.79 Å². The van der Waals surface area contributed by atoms with Crippen LogP contribution in [0, 0.1) is 39.9 Å². The van der Waals surface area contributed by atoms with E-state index in [1.54, 1.807) is 0 Å². The summed E-state index contributed by atoms with van der Waals surface area (Å²) >= 11 is 1.38. The van der Waals surface area contributed by atoms with Gasteiger partial charge < -0.3 is 5.32 Å². The van der Waals surface area contributed by atoms with E-state index in [0.29, 0.717) is 16.5 Å². The number of carbonyl (C=O) groups is 1. The summed E-state index contributed by atoms with van der Waals surface area (Å²) in [7, 11) is 0. The second kappa shape index (κ2) is 5.27. The number of nitrogens with zero attached hydrogens (tertiary/aromatic N) is 2. The molecule has 1 spiro atoms. The molecule has 1 amide bonds. The van der Waals surface area contributed by atoms with Gasteiger partial charge in [0.2, 0.25) is 5.91 Å². The number of hydrogen-bond acceptors (Lipinski definition) is 4. The van der Waals surface area contributed by atoms with Gasteiger partial charge >= 0.3 is 0 Å². The van der Waals surface area contributed by atoms with Gasteiger partial charge in [0.25, 0.3) is 0 Å². The zero-order valence-electron chi connectivity index (χ0n) is 11.2. The van der Waals surface area contributed by atoms with Crippen molar-refractivity contribution in [2.75, 3.05) is 6.26 Å². The molecule has 0 radical (unpaired) electrons. The van der Waals surface area contributed by atoms with Crippen LogP contribution >= 0.6 is 11.8 Å². The smallest absolute Gasteiger partial charge is 0.243 e. The molecular weight excluding hydrogens is 258 g/mol. The molecule has 1 unspecified atom stereocenters. The Labute approximate surface area is 117 Å². The molecule has 1 fully saturated rings. The highest BCUT2D eigenvalue weighted by atomic mass is 32.2. The summed E-state index contributed by atoms with van der Waals surface area (Å²) in [4.78, 5) is 12.1. The van der Waals surface area contributed by atoms with E-state index >= 15 is 0 Å². The Bertz CT molecular complexity index is 504. The van der Waals surface area contributed by atoms with Crippen molar-refractivity contribution in [3.05, 3.63) is 10.6 Å². The number of amides is 1. The van der Waals surface area contributed by atoms with Gasteiger partial charge in [-0.2, -0.15) is 10.5 Å². The van der Waals surface area contributed by atoms with Gasteiger partial charge in [-0.15, -0.1) is 11.8 Å². The van der Waals surface area contributed by atoms with E-state index in [2.05, 4.69) is 24.4 Å². The van der Waals surface area contributed by atoms with Gasteiger partial charge in [-0.1, -0.05) is 6.92 Å². The molecule has 0 aromatic carbocycles. The summed E-state index contributed by atoms with van der Waals surface area (Å²) < 4.78 is 0. The lowest BCUT2D eigenvalue weighted by atomic mass is 9.59. The minimum atomic E-state index is -0.731. The molecule has 4 nitrogen and oxygen atoms in total. The van der Waals surface area contributed by atoms with Crippen molar-refractivity contribution < 1.29 is 4.79 Å². The number of nitrogens with one attached hydrogen (secondary N) is 1. The van der Waals surface area contributed by atoms with Crippen LogP contribution in [0.1, 0.15) is 32.6 Å². The highest BCUT2D eigenvalue weighted by Gasteiger charge is 2.52. The number of hydrogen-bond donors (Lipinski definition) is 1. The second-order valence-corrected chi connectivity index (χ2v) is 6.23. The predicted octanol–water partition coefficient (Wildman–Crippen LogP) is 2.55. The third-order valence-corrected chi connectivity index (χ3v) is 5.10. The highest BCUT2D eigenvalue weighted by Crippen LogP contribution is 2.52. The van der Waals surface area contributed by atoms with Gasteiger partial charge in [0.05, 0.1) is 22.7 Å². The molecule has 1 N–H and O–H groups in total. The van der Waals surface area contributed by atoms with Crippen LogP contribution in [-0.4, -0.2) is 12.2 Å². The molecule has 5 heteroatoms. The minimum Gasteiger partial charge on any atom is -0.319 e. The van der Waals surface area contributed by atoms with E-state index in [1.807, 2.05) is 6.26 Å². The Morgan fingerprint density at radius 1 is 1.37 bits per heavy atom. The standard InChI is InChI=1S/C14H17N3OS/c1-9-3-5-14(6-4-9)10(7-15)12(18)17-13(19-2)11(14)8-16/h9-10H,3-6H2,1-2H3,(H,17,18). The fourth-order valence-electron chi connectivity index (χ4n) is 3.18. The molecule has 2 aliphatic rings. The van der Waals surface area contributed by atoms with Crippen LogP contribution in [0.15, 0.2) is 10.6 Å². The van der Waals surface area contributed by atoms with Crippen LogP contribution in [0.2, 0.25) is 0 Å². The molecule has 1 heterocycles. The fraction of sp³-hybridized carbons (Fsp3) is 0.643. The molecule has 19 heavy (non-hydrogen) atoms. The maximum absolute atomic E-state index is 12.1. The average molecular weight is 275 g/mol. The maximum atomic E-state index is 12.1. The van der Waals surface area contributed by atoms with E-state index in [1.165, 1.54) is 11.8 Å². The zero-order valence-corrected chi connectivity index (χ0v) is 12.0. The molecule has 0 bridgehead atoms. The molecule has 0 aromatic rings. The topological polar surface area (TPSA) is 76.7 Å². The lowest BCUT2D eigenvalue weighted by molar-refractivity contribution is -0.127. The summed E-state index contributed by atoms with van der Waals surface area (Å²) in [6.45, 7) is 2.18. The van der Waals surface area contributed by atoms with Crippen molar-refractivity contribution >= 4 is 17.7 Å². The molecule has 1 aliphatic heterocycles.